The van der Waals surface area contributed by atoms with Crippen LogP contribution in [0.4, 0.5) is 10.3 Å². The smallest absolute Gasteiger partial charge is 0.205 e. The van der Waals surface area contributed by atoms with E-state index >= 15 is 0 Å². The van der Waals surface area contributed by atoms with E-state index in [-0.39, 0.29) is 5.02 Å². The van der Waals surface area contributed by atoms with Crippen molar-refractivity contribution >= 4 is 28.6 Å². The normalized spacial score (nSPS) is 11.0. The second-order valence-electron chi connectivity index (χ2n) is 3.90. The van der Waals surface area contributed by atoms with Crippen LogP contribution in [0, 0.1) is 5.82 Å². The van der Waals surface area contributed by atoms with Gasteiger partial charge in [-0.3, -0.25) is 4.57 Å². The highest BCUT2D eigenvalue weighted by atomic mass is 35.5. The first-order valence-corrected chi connectivity index (χ1v) is 5.73. The van der Waals surface area contributed by atoms with Crippen molar-refractivity contribution in [2.45, 2.75) is 0 Å². The Morgan fingerprint density at radius 1 is 1.17 bits per heavy atom. The fourth-order valence-corrected chi connectivity index (χ4v) is 2.10. The van der Waals surface area contributed by atoms with Gasteiger partial charge in [-0.2, -0.15) is 0 Å². The summed E-state index contributed by atoms with van der Waals surface area (Å²) in [6.45, 7) is 0. The average molecular weight is 262 g/mol. The summed E-state index contributed by atoms with van der Waals surface area (Å²) in [7, 11) is 0. The van der Waals surface area contributed by atoms with Crippen molar-refractivity contribution in [1.82, 2.24) is 9.55 Å². The van der Waals surface area contributed by atoms with Gasteiger partial charge in [0.2, 0.25) is 5.95 Å². The minimum Gasteiger partial charge on any atom is -0.369 e. The predicted octanol–water partition coefficient (Wildman–Crippen LogP) is 3.40. The maximum absolute atomic E-state index is 13.5. The fourth-order valence-electron chi connectivity index (χ4n) is 1.94. The summed E-state index contributed by atoms with van der Waals surface area (Å²) in [6.07, 6.45) is 0. The van der Waals surface area contributed by atoms with E-state index in [0.29, 0.717) is 17.0 Å². The standard InChI is InChI=1S/C13H9ClFN3/c14-9-6-11-12(7-10(9)15)18(13(16)17-11)8-4-2-1-3-5-8/h1-7H,(H2,16,17). The van der Waals surface area contributed by atoms with Crippen LogP contribution in [0.25, 0.3) is 16.7 Å². The van der Waals surface area contributed by atoms with Gasteiger partial charge in [-0.05, 0) is 18.2 Å². The van der Waals surface area contributed by atoms with Gasteiger partial charge in [-0.15, -0.1) is 0 Å². The largest absolute Gasteiger partial charge is 0.369 e. The summed E-state index contributed by atoms with van der Waals surface area (Å²) in [5, 5.41) is 0.0419. The third kappa shape index (κ3) is 1.62. The van der Waals surface area contributed by atoms with Gasteiger partial charge >= 0.3 is 0 Å². The number of halogens is 2. The Bertz CT molecular complexity index is 722. The molecule has 18 heavy (non-hydrogen) atoms. The number of para-hydroxylation sites is 1. The molecule has 0 amide bonds. The molecule has 3 rings (SSSR count). The van der Waals surface area contributed by atoms with Gasteiger partial charge in [0.05, 0.1) is 16.1 Å². The second kappa shape index (κ2) is 3.99. The molecule has 0 aliphatic heterocycles. The van der Waals surface area contributed by atoms with Crippen LogP contribution in [0.1, 0.15) is 0 Å². The van der Waals surface area contributed by atoms with Gasteiger partial charge in [0, 0.05) is 11.8 Å². The Morgan fingerprint density at radius 2 is 1.89 bits per heavy atom. The lowest BCUT2D eigenvalue weighted by molar-refractivity contribution is 0.629. The third-order valence-corrected chi connectivity index (χ3v) is 3.03. The maximum atomic E-state index is 13.5. The highest BCUT2D eigenvalue weighted by Gasteiger charge is 2.12. The molecule has 0 saturated heterocycles. The van der Waals surface area contributed by atoms with E-state index in [2.05, 4.69) is 4.98 Å². The molecule has 0 spiro atoms. The fraction of sp³-hybridized carbons (Fsp3) is 0. The van der Waals surface area contributed by atoms with E-state index in [9.17, 15) is 4.39 Å². The summed E-state index contributed by atoms with van der Waals surface area (Å²) in [5.41, 5.74) is 7.87. The van der Waals surface area contributed by atoms with Gasteiger partial charge in [0.15, 0.2) is 0 Å². The van der Waals surface area contributed by atoms with Crippen LogP contribution in [0.2, 0.25) is 5.02 Å². The summed E-state index contributed by atoms with van der Waals surface area (Å²) >= 11 is 5.73. The molecule has 2 N–H and O–H groups in total. The van der Waals surface area contributed by atoms with Crippen molar-refractivity contribution in [3.8, 4) is 5.69 Å². The monoisotopic (exact) mass is 261 g/mol. The second-order valence-corrected chi connectivity index (χ2v) is 4.30. The van der Waals surface area contributed by atoms with Crippen LogP contribution in [-0.4, -0.2) is 9.55 Å². The van der Waals surface area contributed by atoms with Crippen LogP contribution >= 0.6 is 11.6 Å². The van der Waals surface area contributed by atoms with Crippen LogP contribution in [-0.2, 0) is 0 Å². The number of aromatic nitrogens is 2. The van der Waals surface area contributed by atoms with E-state index in [1.54, 1.807) is 4.57 Å². The Morgan fingerprint density at radius 3 is 2.61 bits per heavy atom. The summed E-state index contributed by atoms with van der Waals surface area (Å²) in [4.78, 5) is 4.18. The number of hydrogen-bond acceptors (Lipinski definition) is 2. The zero-order valence-corrected chi connectivity index (χ0v) is 10.0. The van der Waals surface area contributed by atoms with Crippen molar-refractivity contribution < 1.29 is 4.39 Å². The number of hydrogen-bond donors (Lipinski definition) is 1. The number of nitrogens with two attached hydrogens (primary N) is 1. The molecule has 0 bridgehead atoms. The average Bonchev–Trinajstić information content (AvgIpc) is 2.66. The van der Waals surface area contributed by atoms with E-state index in [0.717, 1.165) is 5.69 Å². The minimum atomic E-state index is -0.485. The van der Waals surface area contributed by atoms with Gasteiger partial charge < -0.3 is 5.73 Å². The SMILES string of the molecule is Nc1nc2cc(Cl)c(F)cc2n1-c1ccccc1. The number of imidazole rings is 1. The number of rotatable bonds is 1. The van der Waals surface area contributed by atoms with E-state index in [1.807, 2.05) is 30.3 Å². The summed E-state index contributed by atoms with van der Waals surface area (Å²) in [6, 6.07) is 12.2. The van der Waals surface area contributed by atoms with Gasteiger partial charge in [0.1, 0.15) is 5.82 Å². The topological polar surface area (TPSA) is 43.8 Å². The van der Waals surface area contributed by atoms with Gasteiger partial charge in [-0.25, -0.2) is 9.37 Å². The molecule has 0 unspecified atom stereocenters. The van der Waals surface area contributed by atoms with Gasteiger partial charge in [0.25, 0.3) is 0 Å². The van der Waals surface area contributed by atoms with E-state index in [1.165, 1.54) is 12.1 Å². The van der Waals surface area contributed by atoms with Gasteiger partial charge in [-0.1, -0.05) is 29.8 Å². The van der Waals surface area contributed by atoms with Crippen LogP contribution < -0.4 is 5.73 Å². The number of benzene rings is 2. The molecule has 0 atom stereocenters. The summed E-state index contributed by atoms with van der Waals surface area (Å²) < 4.78 is 15.2. The quantitative estimate of drug-likeness (QED) is 0.730. The van der Waals surface area contributed by atoms with Crippen molar-refractivity contribution in [1.29, 1.82) is 0 Å². The lowest BCUT2D eigenvalue weighted by Crippen LogP contribution is -2.00. The Labute approximate surface area is 108 Å². The first kappa shape index (κ1) is 11.0. The lowest BCUT2D eigenvalue weighted by atomic mass is 10.2. The first-order chi connectivity index (χ1) is 8.66. The third-order valence-electron chi connectivity index (χ3n) is 2.74. The zero-order chi connectivity index (χ0) is 12.7. The van der Waals surface area contributed by atoms with Crippen molar-refractivity contribution in [2.75, 3.05) is 5.73 Å². The van der Waals surface area contributed by atoms with E-state index < -0.39 is 5.82 Å². The zero-order valence-electron chi connectivity index (χ0n) is 9.27. The van der Waals surface area contributed by atoms with Crippen molar-refractivity contribution in [3.05, 3.63) is 53.3 Å². The molecule has 1 heterocycles. The number of nitrogens with zero attached hydrogens (tertiary/aromatic N) is 2. The Balaban J connectivity index is 2.36. The molecule has 0 fully saturated rings. The molecule has 3 aromatic rings. The Hall–Kier alpha value is -2.07. The molecule has 2 aromatic carbocycles. The Kier molecular flexibility index (Phi) is 2.45. The number of nitrogen functional groups attached to an aromatic ring is 1. The molecular weight excluding hydrogens is 253 g/mol. The number of anilines is 1. The maximum Gasteiger partial charge on any atom is 0.205 e. The lowest BCUT2D eigenvalue weighted by Gasteiger charge is -2.06. The molecule has 3 nitrogen and oxygen atoms in total. The predicted molar refractivity (Wildman–Crippen MR) is 70.5 cm³/mol. The highest BCUT2D eigenvalue weighted by Crippen LogP contribution is 2.27. The van der Waals surface area contributed by atoms with Crippen LogP contribution in [0.15, 0.2) is 42.5 Å². The minimum absolute atomic E-state index is 0.0419. The number of fused-ring (bicyclic) bond motifs is 1. The van der Waals surface area contributed by atoms with E-state index in [4.69, 9.17) is 17.3 Å². The first-order valence-electron chi connectivity index (χ1n) is 5.35. The summed E-state index contributed by atoms with van der Waals surface area (Å²) in [5.74, 6) is -0.181. The van der Waals surface area contributed by atoms with Crippen molar-refractivity contribution in [2.24, 2.45) is 0 Å². The molecule has 1 aromatic heterocycles. The van der Waals surface area contributed by atoms with Crippen LogP contribution in [0.3, 0.4) is 0 Å². The molecular formula is C13H9ClFN3. The molecule has 0 aliphatic carbocycles. The molecule has 5 heteroatoms. The van der Waals surface area contributed by atoms with Crippen molar-refractivity contribution in [3.63, 3.8) is 0 Å². The molecule has 0 saturated carbocycles. The molecule has 90 valence electrons. The highest BCUT2D eigenvalue weighted by molar-refractivity contribution is 6.31. The molecule has 0 radical (unpaired) electrons. The van der Waals surface area contributed by atoms with Crippen LogP contribution in [0.5, 0.6) is 0 Å². The molecule has 0 aliphatic rings.